The van der Waals surface area contributed by atoms with Gasteiger partial charge < -0.3 is 5.11 Å². The molecule has 0 unspecified atom stereocenters. The Morgan fingerprint density at radius 3 is 2.20 bits per heavy atom. The van der Waals surface area contributed by atoms with E-state index >= 15 is 0 Å². The topological polar surface area (TPSA) is 46.5 Å². The second-order valence-electron chi connectivity index (χ2n) is 2.77. The highest BCUT2D eigenvalue weighted by Crippen LogP contribution is 2.17. The first-order chi connectivity index (χ1) is 4.74. The molecule has 0 aliphatic rings. The van der Waals surface area contributed by atoms with Gasteiger partial charge in [0.1, 0.15) is 6.61 Å². The molecule has 0 atom stereocenters. The van der Waals surface area contributed by atoms with E-state index in [9.17, 15) is 0 Å². The molecule has 1 rings (SSSR count). The Hall–Kier alpha value is -0.700. The number of hydrogen-bond acceptors (Lipinski definition) is 3. The van der Waals surface area contributed by atoms with Gasteiger partial charge >= 0.3 is 0 Å². The third-order valence-electron chi connectivity index (χ3n) is 1.29. The first kappa shape index (κ1) is 7.41. The minimum atomic E-state index is -0.0535. The Bertz CT molecular complexity index is 185. The summed E-state index contributed by atoms with van der Waals surface area (Å²) < 4.78 is 9.19. The van der Waals surface area contributed by atoms with Crippen LogP contribution in [0.2, 0.25) is 0 Å². The molecule has 0 aliphatic carbocycles. The van der Waals surface area contributed by atoms with Crippen molar-refractivity contribution in [3.8, 4) is 0 Å². The molecule has 1 heterocycles. The molecule has 0 fully saturated rings. The largest absolute Gasteiger partial charge is 0.388 e. The maximum atomic E-state index is 8.61. The molecule has 10 heavy (non-hydrogen) atoms. The molecule has 0 aromatic carbocycles. The summed E-state index contributed by atoms with van der Waals surface area (Å²) in [6.07, 6.45) is 0.843. The van der Waals surface area contributed by atoms with E-state index in [1.165, 1.54) is 0 Å². The van der Waals surface area contributed by atoms with Crippen LogP contribution in [0.25, 0.3) is 0 Å². The van der Waals surface area contributed by atoms with Crippen molar-refractivity contribution in [3.63, 3.8) is 0 Å². The molecule has 0 aliphatic heterocycles. The Kier molecular flexibility index (Phi) is 2.17. The molecule has 58 valence electrons. The molecule has 0 bridgehead atoms. The Morgan fingerprint density at radius 1 is 1.30 bits per heavy atom. The normalized spacial score (nSPS) is 11.2. The van der Waals surface area contributed by atoms with E-state index in [0.29, 0.717) is 11.7 Å². The van der Waals surface area contributed by atoms with Crippen LogP contribution in [0.15, 0.2) is 9.15 Å². The molecule has 3 nitrogen and oxygen atoms in total. The third kappa shape index (κ3) is 1.42. The number of hydrogen-bond donors (Lipinski definition) is 1. The van der Waals surface area contributed by atoms with Crippen molar-refractivity contribution in [2.24, 2.45) is 5.92 Å². The molecule has 0 saturated heterocycles. The summed E-state index contributed by atoms with van der Waals surface area (Å²) in [5.41, 5.74) is 0. The molecular formula is C7H12O3. The average molecular weight is 144 g/mol. The summed E-state index contributed by atoms with van der Waals surface area (Å²) >= 11 is 0. The molecular weight excluding hydrogens is 132 g/mol. The maximum absolute atomic E-state index is 8.61. The van der Waals surface area contributed by atoms with Gasteiger partial charge in [-0.2, -0.15) is 0 Å². The summed E-state index contributed by atoms with van der Waals surface area (Å²) in [5, 5.41) is 8.61. The summed E-state index contributed by atoms with van der Waals surface area (Å²) in [6, 6.07) is 0. The predicted octanol–water partition coefficient (Wildman–Crippen LogP) is 1.56. The van der Waals surface area contributed by atoms with Crippen molar-refractivity contribution in [1.82, 2.24) is 0 Å². The van der Waals surface area contributed by atoms with Crippen molar-refractivity contribution in [3.05, 3.63) is 11.5 Å². The number of aliphatic hydroxyl groups is 1. The minimum Gasteiger partial charge on any atom is -0.388 e. The molecule has 0 spiro atoms. The monoisotopic (exact) mass is 144 g/mol. The van der Waals surface area contributed by atoms with Crippen LogP contribution < -0.4 is 0 Å². The van der Waals surface area contributed by atoms with Gasteiger partial charge in [0.2, 0.25) is 11.5 Å². The van der Waals surface area contributed by atoms with Gasteiger partial charge in [-0.1, -0.05) is 13.8 Å². The highest BCUT2D eigenvalue weighted by atomic mass is 17.0. The lowest BCUT2D eigenvalue weighted by Crippen LogP contribution is -2.02. The number of aliphatic hydroxyl groups excluding tert-OH is 1. The Balaban J connectivity index is 2.45. The quantitative estimate of drug-likeness (QED) is 0.655. The minimum absolute atomic E-state index is 0.0535. The van der Waals surface area contributed by atoms with Crippen LogP contribution in [0.4, 0.5) is 0 Å². The van der Waals surface area contributed by atoms with E-state index in [4.69, 9.17) is 5.11 Å². The van der Waals surface area contributed by atoms with Crippen molar-refractivity contribution in [1.29, 1.82) is 0 Å². The smallest absolute Gasteiger partial charge is 0.223 e. The van der Waals surface area contributed by atoms with Crippen LogP contribution >= 0.6 is 0 Å². The summed E-state index contributed by atoms with van der Waals surface area (Å²) in [4.78, 5) is 0. The van der Waals surface area contributed by atoms with Crippen LogP contribution in [-0.2, 0) is 13.0 Å². The predicted molar refractivity (Wildman–Crippen MR) is 35.4 cm³/mol. The zero-order valence-electron chi connectivity index (χ0n) is 6.26. The van der Waals surface area contributed by atoms with Crippen molar-refractivity contribution in [2.75, 3.05) is 0 Å². The fraction of sp³-hybridized carbons (Fsp3) is 0.714. The molecule has 1 N–H and O–H groups in total. The van der Waals surface area contributed by atoms with Crippen LogP contribution in [0.1, 0.15) is 25.4 Å². The lowest BCUT2D eigenvalue weighted by atomic mass is 10.1. The average Bonchev–Trinajstić information content (AvgIpc) is 1.82. The van der Waals surface area contributed by atoms with Gasteiger partial charge in [-0.25, -0.2) is 0 Å². The van der Waals surface area contributed by atoms with Gasteiger partial charge in [0.05, 0.1) is 0 Å². The van der Waals surface area contributed by atoms with E-state index in [1.807, 2.05) is 0 Å². The van der Waals surface area contributed by atoms with Gasteiger partial charge in [-0.3, -0.25) is 9.15 Å². The van der Waals surface area contributed by atoms with Crippen LogP contribution in [0.3, 0.4) is 0 Å². The maximum Gasteiger partial charge on any atom is 0.223 e. The molecule has 1 aromatic rings. The van der Waals surface area contributed by atoms with Crippen LogP contribution in [0, 0.1) is 5.92 Å². The SMILES string of the molecule is CC(C)Cc1ooc1CO. The molecule has 1 aromatic heterocycles. The zero-order valence-corrected chi connectivity index (χ0v) is 6.26. The second kappa shape index (κ2) is 2.92. The first-order valence-corrected chi connectivity index (χ1v) is 3.41. The molecule has 0 saturated carbocycles. The van der Waals surface area contributed by atoms with E-state index in [-0.39, 0.29) is 6.61 Å². The molecule has 3 heteroatoms. The number of rotatable bonds is 3. The van der Waals surface area contributed by atoms with Gasteiger partial charge in [-0.15, -0.1) is 0 Å². The summed E-state index contributed by atoms with van der Waals surface area (Å²) in [7, 11) is 0. The van der Waals surface area contributed by atoms with Crippen molar-refractivity contribution in [2.45, 2.75) is 26.9 Å². The van der Waals surface area contributed by atoms with E-state index in [0.717, 1.165) is 12.2 Å². The lowest BCUT2D eigenvalue weighted by Gasteiger charge is -2.07. The summed E-state index contributed by atoms with van der Waals surface area (Å²) in [6.45, 7) is 4.12. The molecule has 0 radical (unpaired) electrons. The van der Waals surface area contributed by atoms with Gasteiger partial charge in [-0.05, 0) is 5.92 Å². The van der Waals surface area contributed by atoms with E-state index < -0.39 is 0 Å². The standard InChI is InChI=1S/C7H12O3/c1-5(2)3-6-7(4-8)10-9-6/h5,8H,3-4H2,1-2H3. The Morgan fingerprint density at radius 2 is 1.90 bits per heavy atom. The first-order valence-electron chi connectivity index (χ1n) is 3.41. The lowest BCUT2D eigenvalue weighted by molar-refractivity contribution is -0.0495. The van der Waals surface area contributed by atoms with E-state index in [1.54, 1.807) is 0 Å². The highest BCUT2D eigenvalue weighted by Gasteiger charge is 2.14. The van der Waals surface area contributed by atoms with Crippen LogP contribution in [-0.4, -0.2) is 5.11 Å². The van der Waals surface area contributed by atoms with Crippen LogP contribution in [0.5, 0.6) is 0 Å². The van der Waals surface area contributed by atoms with Gasteiger partial charge in [0, 0.05) is 6.42 Å². The highest BCUT2D eigenvalue weighted by molar-refractivity contribution is 5.02. The van der Waals surface area contributed by atoms with Crippen molar-refractivity contribution >= 4 is 0 Å². The zero-order chi connectivity index (χ0) is 7.56. The second-order valence-corrected chi connectivity index (χ2v) is 2.77. The molecule has 0 amide bonds. The van der Waals surface area contributed by atoms with Gasteiger partial charge in [0.25, 0.3) is 0 Å². The fourth-order valence-electron chi connectivity index (χ4n) is 0.793. The van der Waals surface area contributed by atoms with E-state index in [2.05, 4.69) is 23.0 Å². The Labute approximate surface area is 59.6 Å². The fourth-order valence-corrected chi connectivity index (χ4v) is 0.793. The third-order valence-corrected chi connectivity index (χ3v) is 1.29. The van der Waals surface area contributed by atoms with Gasteiger partial charge in [0.15, 0.2) is 0 Å². The summed E-state index contributed by atoms with van der Waals surface area (Å²) in [5.74, 6) is 1.91. The van der Waals surface area contributed by atoms with Crippen molar-refractivity contribution < 1.29 is 14.3 Å².